The van der Waals surface area contributed by atoms with E-state index in [9.17, 15) is 14.4 Å². The number of esters is 1. The van der Waals surface area contributed by atoms with E-state index in [-0.39, 0.29) is 18.7 Å². The van der Waals surface area contributed by atoms with Crippen molar-refractivity contribution in [3.63, 3.8) is 0 Å². The fourth-order valence-electron chi connectivity index (χ4n) is 4.52. The number of anilines is 1. The Kier molecular flexibility index (Phi) is 6.53. The van der Waals surface area contributed by atoms with E-state index in [0.717, 1.165) is 41.6 Å². The number of hydrogen-bond acceptors (Lipinski definition) is 7. The Labute approximate surface area is 210 Å². The second kappa shape index (κ2) is 9.75. The molecule has 35 heavy (non-hydrogen) atoms. The minimum absolute atomic E-state index is 0.177. The number of benzene rings is 1. The summed E-state index contributed by atoms with van der Waals surface area (Å²) in [4.78, 5) is 45.9. The molecule has 1 N–H and O–H groups in total. The number of ether oxygens (including phenoxy) is 1. The molecule has 5 rings (SSSR count). The molecule has 3 heterocycles. The number of nitrogens with one attached hydrogen (secondary N) is 1. The highest BCUT2D eigenvalue weighted by Gasteiger charge is 2.25. The van der Waals surface area contributed by atoms with Crippen LogP contribution in [0.15, 0.2) is 40.5 Å². The Morgan fingerprint density at radius 1 is 1.17 bits per heavy atom. The van der Waals surface area contributed by atoms with Crippen LogP contribution in [0.5, 0.6) is 0 Å². The van der Waals surface area contributed by atoms with E-state index in [0.29, 0.717) is 27.3 Å². The molecule has 1 aliphatic carbocycles. The highest BCUT2D eigenvalue weighted by atomic mass is 32.1. The molecule has 0 saturated carbocycles. The largest absolute Gasteiger partial charge is 0.462 e. The van der Waals surface area contributed by atoms with Crippen LogP contribution in [0, 0.1) is 6.92 Å². The molecule has 0 aliphatic heterocycles. The van der Waals surface area contributed by atoms with E-state index in [1.54, 1.807) is 25.2 Å². The molecule has 0 radical (unpaired) electrons. The lowest BCUT2D eigenvalue weighted by atomic mass is 9.97. The van der Waals surface area contributed by atoms with Gasteiger partial charge in [-0.05, 0) is 50.7 Å². The van der Waals surface area contributed by atoms with E-state index >= 15 is 0 Å². The van der Waals surface area contributed by atoms with Crippen molar-refractivity contribution in [2.45, 2.75) is 46.1 Å². The molecule has 7 nitrogen and oxygen atoms in total. The minimum Gasteiger partial charge on any atom is -0.462 e. The summed E-state index contributed by atoms with van der Waals surface area (Å²) in [5.74, 6) is -0.394. The van der Waals surface area contributed by atoms with Gasteiger partial charge >= 0.3 is 5.97 Å². The molecule has 0 spiro atoms. The van der Waals surface area contributed by atoms with Crippen LogP contribution in [0.1, 0.15) is 46.4 Å². The first-order chi connectivity index (χ1) is 17.0. The number of amides is 1. The molecular weight excluding hydrogens is 482 g/mol. The Bertz CT molecular complexity index is 1480. The van der Waals surface area contributed by atoms with E-state index in [1.807, 2.05) is 35.7 Å². The van der Waals surface area contributed by atoms with Crippen LogP contribution in [-0.4, -0.2) is 28.0 Å². The normalized spacial score (nSPS) is 13.0. The van der Waals surface area contributed by atoms with Crippen molar-refractivity contribution in [2.75, 3.05) is 11.9 Å². The van der Waals surface area contributed by atoms with Crippen molar-refractivity contribution in [3.8, 4) is 11.1 Å². The van der Waals surface area contributed by atoms with E-state index in [2.05, 4.69) is 10.3 Å². The Morgan fingerprint density at radius 3 is 2.71 bits per heavy atom. The second-order valence-electron chi connectivity index (χ2n) is 8.43. The summed E-state index contributed by atoms with van der Waals surface area (Å²) < 4.78 is 6.70. The fourth-order valence-corrected chi connectivity index (χ4v) is 6.79. The van der Waals surface area contributed by atoms with Crippen LogP contribution in [0.4, 0.5) is 5.00 Å². The van der Waals surface area contributed by atoms with Crippen molar-refractivity contribution in [2.24, 2.45) is 0 Å². The van der Waals surface area contributed by atoms with Crippen molar-refractivity contribution < 1.29 is 14.3 Å². The second-order valence-corrected chi connectivity index (χ2v) is 10.4. The molecular formula is C26H25N3O4S2. The quantitative estimate of drug-likeness (QED) is 0.363. The SMILES string of the molecule is CCOC(=O)c1c(-c2ccccc2)csc1NC(=O)Cn1c(C)nc2sc3c(c2c1=O)CCCC3. The number of fused-ring (bicyclic) bond motifs is 3. The van der Waals surface area contributed by atoms with Crippen LogP contribution >= 0.6 is 22.7 Å². The summed E-state index contributed by atoms with van der Waals surface area (Å²) in [7, 11) is 0. The Hall–Kier alpha value is -3.30. The smallest absolute Gasteiger partial charge is 0.341 e. The molecule has 3 aromatic heterocycles. The summed E-state index contributed by atoms with van der Waals surface area (Å²) in [5, 5.41) is 5.73. The summed E-state index contributed by atoms with van der Waals surface area (Å²) in [5.41, 5.74) is 2.80. The molecule has 4 aromatic rings. The van der Waals surface area contributed by atoms with Crippen molar-refractivity contribution in [3.05, 3.63) is 67.9 Å². The standard InChI is InChI=1S/C26H25N3O4S2/c1-3-33-26(32)22-18(16-9-5-4-6-10-16)14-34-23(22)28-20(30)13-29-15(2)27-24-21(25(29)31)17-11-7-8-12-19(17)35-24/h4-6,9-10,14H,3,7-8,11-13H2,1-2H3,(H,28,30). The zero-order valence-corrected chi connectivity index (χ0v) is 21.2. The molecule has 1 amide bonds. The van der Waals surface area contributed by atoms with Crippen molar-refractivity contribution in [1.29, 1.82) is 0 Å². The average Bonchev–Trinajstić information content (AvgIpc) is 3.43. The summed E-state index contributed by atoms with van der Waals surface area (Å²) in [6.07, 6.45) is 4.05. The van der Waals surface area contributed by atoms with Gasteiger partial charge in [0.1, 0.15) is 27.8 Å². The van der Waals surface area contributed by atoms with Gasteiger partial charge < -0.3 is 10.1 Å². The Morgan fingerprint density at radius 2 is 1.94 bits per heavy atom. The molecule has 1 aromatic carbocycles. The van der Waals surface area contributed by atoms with Crippen LogP contribution in [-0.2, 0) is 28.9 Å². The molecule has 0 bridgehead atoms. The van der Waals surface area contributed by atoms with Crippen molar-refractivity contribution >= 4 is 49.8 Å². The van der Waals surface area contributed by atoms with Gasteiger partial charge in [-0.1, -0.05) is 30.3 Å². The van der Waals surface area contributed by atoms with Crippen LogP contribution in [0.3, 0.4) is 0 Å². The number of nitrogens with zero attached hydrogens (tertiary/aromatic N) is 2. The molecule has 180 valence electrons. The third-order valence-corrected chi connectivity index (χ3v) is 8.26. The molecule has 0 saturated heterocycles. The molecule has 0 fully saturated rings. The number of carbonyl (C=O) groups is 2. The van der Waals surface area contributed by atoms with Gasteiger partial charge in [0.05, 0.1) is 12.0 Å². The number of thiophene rings is 2. The van der Waals surface area contributed by atoms with Crippen molar-refractivity contribution in [1.82, 2.24) is 9.55 Å². The third-order valence-electron chi connectivity index (χ3n) is 6.18. The average molecular weight is 508 g/mol. The summed E-state index contributed by atoms with van der Waals surface area (Å²) in [6, 6.07) is 9.49. The lowest BCUT2D eigenvalue weighted by Crippen LogP contribution is -2.30. The first-order valence-corrected chi connectivity index (χ1v) is 13.3. The number of carbonyl (C=O) groups excluding carboxylic acids is 2. The van der Waals surface area contributed by atoms with Gasteiger partial charge in [0.15, 0.2) is 0 Å². The first-order valence-electron chi connectivity index (χ1n) is 11.6. The highest BCUT2D eigenvalue weighted by molar-refractivity contribution is 7.18. The minimum atomic E-state index is -0.496. The predicted molar refractivity (Wildman–Crippen MR) is 140 cm³/mol. The fraction of sp³-hybridized carbons (Fsp3) is 0.308. The van der Waals surface area contributed by atoms with Gasteiger partial charge in [-0.25, -0.2) is 9.78 Å². The van der Waals surface area contributed by atoms with Crippen LogP contribution in [0.2, 0.25) is 0 Å². The number of aromatic nitrogens is 2. The number of aryl methyl sites for hydroxylation is 3. The number of hydrogen-bond donors (Lipinski definition) is 1. The lowest BCUT2D eigenvalue weighted by Gasteiger charge is -2.12. The maximum Gasteiger partial charge on any atom is 0.341 e. The molecule has 0 unspecified atom stereocenters. The summed E-state index contributed by atoms with van der Waals surface area (Å²) >= 11 is 2.85. The van der Waals surface area contributed by atoms with Gasteiger partial charge in [-0.3, -0.25) is 14.2 Å². The monoisotopic (exact) mass is 507 g/mol. The maximum absolute atomic E-state index is 13.4. The highest BCUT2D eigenvalue weighted by Crippen LogP contribution is 2.36. The Balaban J connectivity index is 1.47. The van der Waals surface area contributed by atoms with Gasteiger partial charge in [0.2, 0.25) is 5.91 Å². The predicted octanol–water partition coefficient (Wildman–Crippen LogP) is 5.19. The first kappa shape index (κ1) is 23.4. The van der Waals surface area contributed by atoms with E-state index in [4.69, 9.17) is 4.74 Å². The lowest BCUT2D eigenvalue weighted by molar-refractivity contribution is -0.116. The summed E-state index contributed by atoms with van der Waals surface area (Å²) in [6.45, 7) is 3.53. The van der Waals surface area contributed by atoms with Gasteiger partial charge in [0, 0.05) is 15.8 Å². The molecule has 1 aliphatic rings. The topological polar surface area (TPSA) is 90.3 Å². The van der Waals surface area contributed by atoms with Gasteiger partial charge in [-0.2, -0.15) is 0 Å². The molecule has 0 atom stereocenters. The van der Waals surface area contributed by atoms with E-state index in [1.165, 1.54) is 20.8 Å². The molecule has 9 heteroatoms. The van der Waals surface area contributed by atoms with Gasteiger partial charge in [-0.15, -0.1) is 22.7 Å². The maximum atomic E-state index is 13.4. The van der Waals surface area contributed by atoms with Crippen LogP contribution in [0.25, 0.3) is 21.3 Å². The number of rotatable bonds is 6. The van der Waals surface area contributed by atoms with Gasteiger partial charge in [0.25, 0.3) is 5.56 Å². The van der Waals surface area contributed by atoms with Crippen LogP contribution < -0.4 is 10.9 Å². The third kappa shape index (κ3) is 4.41. The zero-order chi connectivity index (χ0) is 24.5. The van der Waals surface area contributed by atoms with E-state index < -0.39 is 11.9 Å². The zero-order valence-electron chi connectivity index (χ0n) is 19.6.